The van der Waals surface area contributed by atoms with Crippen LogP contribution in [0.2, 0.25) is 0 Å². The summed E-state index contributed by atoms with van der Waals surface area (Å²) in [7, 11) is 0. The van der Waals surface area contributed by atoms with E-state index in [-0.39, 0.29) is 73.3 Å². The average Bonchev–Trinajstić information content (AvgIpc) is 2.96. The second kappa shape index (κ2) is 21.6. The molecule has 1 heterocycles. The lowest BCUT2D eigenvalue weighted by atomic mass is 9.83. The molecular weight excluding hydrogens is 621 g/mol. The number of imide groups is 1. The van der Waals surface area contributed by atoms with Gasteiger partial charge in [-0.1, -0.05) is 53.7 Å². The van der Waals surface area contributed by atoms with Crippen molar-refractivity contribution >= 4 is 42.7 Å². The van der Waals surface area contributed by atoms with Crippen molar-refractivity contribution in [3.8, 4) is 5.75 Å². The summed E-state index contributed by atoms with van der Waals surface area (Å²) in [6, 6.07) is 5.79. The number of benzene rings is 1. The molecule has 4 amide bonds. The van der Waals surface area contributed by atoms with Crippen LogP contribution < -0.4 is 21.5 Å². The summed E-state index contributed by atoms with van der Waals surface area (Å²) in [5.74, 6) is -0.592. The predicted octanol–water partition coefficient (Wildman–Crippen LogP) is 3.55. The molecule has 1 fully saturated rings. The lowest BCUT2D eigenvalue weighted by molar-refractivity contribution is -0.135. The van der Waals surface area contributed by atoms with E-state index < -0.39 is 24.1 Å². The van der Waals surface area contributed by atoms with Crippen molar-refractivity contribution in [1.29, 1.82) is 0 Å². The Morgan fingerprint density at radius 2 is 1.64 bits per heavy atom. The first-order valence-electron chi connectivity index (χ1n) is 15.7. The lowest BCUT2D eigenvalue weighted by Crippen LogP contribution is -2.49. The quantitative estimate of drug-likeness (QED) is 0.195. The third kappa shape index (κ3) is 14.4. The van der Waals surface area contributed by atoms with Gasteiger partial charge >= 0.3 is 6.03 Å². The van der Waals surface area contributed by atoms with Gasteiger partial charge in [0.05, 0.1) is 24.9 Å². The van der Waals surface area contributed by atoms with Crippen molar-refractivity contribution in [2.24, 2.45) is 41.1 Å². The molecule has 6 N–H and O–H groups in total. The molecule has 4 atom stereocenters. The number of morpholine rings is 1. The monoisotopic (exact) mass is 677 g/mol. The summed E-state index contributed by atoms with van der Waals surface area (Å²) < 4.78 is 11.4. The molecule has 1 aliphatic heterocycles. The van der Waals surface area contributed by atoms with Gasteiger partial charge in [-0.05, 0) is 48.6 Å². The maximum absolute atomic E-state index is 13.2. The number of nitrogens with two attached hydrogens (primary N) is 2. The van der Waals surface area contributed by atoms with E-state index >= 15 is 0 Å². The Labute approximate surface area is 281 Å². The number of carbonyl (C=O) groups excluding carboxylic acids is 3. The first-order valence-corrected chi connectivity index (χ1v) is 15.7. The van der Waals surface area contributed by atoms with Crippen LogP contribution in [-0.4, -0.2) is 97.4 Å². The molecule has 260 valence electrons. The van der Waals surface area contributed by atoms with E-state index in [9.17, 15) is 19.5 Å². The number of para-hydroxylation sites is 1. The normalized spacial score (nSPS) is 16.2. The van der Waals surface area contributed by atoms with Gasteiger partial charge in [-0.2, -0.15) is 0 Å². The highest BCUT2D eigenvalue weighted by atomic mass is 35.5. The number of nitrogens with one attached hydrogen (secondary N) is 1. The first-order chi connectivity index (χ1) is 20.3. The van der Waals surface area contributed by atoms with Crippen LogP contribution in [0.1, 0.15) is 64.7 Å². The van der Waals surface area contributed by atoms with Crippen LogP contribution in [0, 0.1) is 29.6 Å². The summed E-state index contributed by atoms with van der Waals surface area (Å²) in [6.07, 6.45) is -0.407. The molecule has 0 bridgehead atoms. The molecule has 13 heteroatoms. The van der Waals surface area contributed by atoms with Crippen molar-refractivity contribution in [2.45, 2.75) is 66.5 Å². The third-order valence-electron chi connectivity index (χ3n) is 8.13. The molecule has 0 aliphatic carbocycles. The minimum atomic E-state index is -0.970. The number of hydrogen-bond acceptors (Lipinski definition) is 8. The SMILES string of the molecule is CC(C)CN(C(N)=O)C(=O)C(CC(O)C(N)CC(CNC(=O)c1ccccc1OCCN1CCOCC1)C(C)C)C(C)C.Cl.Cl. The van der Waals surface area contributed by atoms with Gasteiger partial charge in [0.1, 0.15) is 12.4 Å². The van der Waals surface area contributed by atoms with E-state index in [2.05, 4.69) is 24.1 Å². The van der Waals surface area contributed by atoms with Gasteiger partial charge in [0.15, 0.2) is 0 Å². The zero-order chi connectivity index (χ0) is 32.1. The molecule has 45 heavy (non-hydrogen) atoms. The van der Waals surface area contributed by atoms with E-state index in [0.717, 1.165) is 37.7 Å². The number of nitrogens with zero attached hydrogens (tertiary/aromatic N) is 2. The van der Waals surface area contributed by atoms with E-state index in [1.165, 1.54) is 0 Å². The molecule has 1 aromatic rings. The zero-order valence-corrected chi connectivity index (χ0v) is 29.4. The topological polar surface area (TPSA) is 160 Å². The first kappa shape index (κ1) is 42.9. The molecule has 1 aromatic carbocycles. The molecule has 0 radical (unpaired) electrons. The number of halogens is 2. The molecule has 11 nitrogen and oxygen atoms in total. The number of primary amides is 1. The molecule has 1 aliphatic rings. The number of carbonyl (C=O) groups is 3. The van der Waals surface area contributed by atoms with E-state index in [1.807, 2.05) is 39.8 Å². The van der Waals surface area contributed by atoms with E-state index in [1.54, 1.807) is 12.1 Å². The van der Waals surface area contributed by atoms with Crippen LogP contribution >= 0.6 is 24.8 Å². The Hall–Kier alpha value is -2.15. The van der Waals surface area contributed by atoms with E-state index in [4.69, 9.17) is 20.9 Å². The van der Waals surface area contributed by atoms with Crippen molar-refractivity contribution < 1.29 is 29.0 Å². The van der Waals surface area contributed by atoms with Gasteiger partial charge in [-0.3, -0.25) is 19.4 Å². The predicted molar refractivity (Wildman–Crippen MR) is 182 cm³/mol. The smallest absolute Gasteiger partial charge is 0.321 e. The van der Waals surface area contributed by atoms with Gasteiger partial charge in [0.2, 0.25) is 5.91 Å². The highest BCUT2D eigenvalue weighted by Crippen LogP contribution is 2.25. The van der Waals surface area contributed by atoms with E-state index in [0.29, 0.717) is 30.9 Å². The van der Waals surface area contributed by atoms with Crippen molar-refractivity contribution in [2.75, 3.05) is 52.5 Å². The largest absolute Gasteiger partial charge is 0.491 e. The molecule has 0 saturated carbocycles. The van der Waals surface area contributed by atoms with Crippen LogP contribution in [0.25, 0.3) is 0 Å². The molecule has 0 aromatic heterocycles. The number of aliphatic hydroxyl groups is 1. The fraction of sp³-hybridized carbons (Fsp3) is 0.719. The second-order valence-corrected chi connectivity index (χ2v) is 12.7. The van der Waals surface area contributed by atoms with Crippen LogP contribution in [-0.2, 0) is 9.53 Å². The Balaban J connectivity index is 0.00000968. The molecular formula is C32H57Cl2N5O6. The molecule has 0 spiro atoms. The van der Waals surface area contributed by atoms with Crippen molar-refractivity contribution in [3.05, 3.63) is 29.8 Å². The van der Waals surface area contributed by atoms with Crippen LogP contribution in [0.15, 0.2) is 24.3 Å². The Morgan fingerprint density at radius 3 is 2.20 bits per heavy atom. The number of amides is 4. The Bertz CT molecular complexity index is 1030. The van der Waals surface area contributed by atoms with Crippen LogP contribution in [0.4, 0.5) is 4.79 Å². The van der Waals surface area contributed by atoms with Gasteiger partial charge in [-0.25, -0.2) is 4.79 Å². The summed E-state index contributed by atoms with van der Waals surface area (Å²) in [6.45, 7) is 16.7. The molecule has 2 rings (SSSR count). The van der Waals surface area contributed by atoms with Gasteiger partial charge in [0.25, 0.3) is 5.91 Å². The van der Waals surface area contributed by atoms with Gasteiger partial charge in [-0.15, -0.1) is 24.8 Å². The standard InChI is InChI=1S/C32H55N5O6.2ClH/c1-21(2)20-37(32(34)41)31(40)26(23(5)6)18-28(38)27(33)17-24(22(3)4)19-35-30(39)25-9-7-8-10-29(25)43-16-13-36-11-14-42-15-12-36;;/h7-10,21-24,26-28,38H,11-20,33H2,1-6H3,(H2,34,41)(H,35,39);2*1H. The Morgan fingerprint density at radius 1 is 1.02 bits per heavy atom. The molecule has 4 unspecified atom stereocenters. The fourth-order valence-electron chi connectivity index (χ4n) is 5.25. The van der Waals surface area contributed by atoms with Crippen molar-refractivity contribution in [3.63, 3.8) is 0 Å². The summed E-state index contributed by atoms with van der Waals surface area (Å²) >= 11 is 0. The van der Waals surface area contributed by atoms with Crippen molar-refractivity contribution in [1.82, 2.24) is 15.1 Å². The van der Waals surface area contributed by atoms with Crippen LogP contribution in [0.5, 0.6) is 5.75 Å². The maximum Gasteiger partial charge on any atom is 0.321 e. The average molecular weight is 679 g/mol. The second-order valence-electron chi connectivity index (χ2n) is 12.7. The zero-order valence-electron chi connectivity index (χ0n) is 27.8. The lowest BCUT2D eigenvalue weighted by Gasteiger charge is -2.32. The summed E-state index contributed by atoms with van der Waals surface area (Å²) in [5.41, 5.74) is 12.4. The highest BCUT2D eigenvalue weighted by molar-refractivity contribution is 5.97. The number of rotatable bonds is 17. The third-order valence-corrected chi connectivity index (χ3v) is 8.13. The molecule has 1 saturated heterocycles. The van der Waals surface area contributed by atoms with Gasteiger partial charge < -0.3 is 31.4 Å². The summed E-state index contributed by atoms with van der Waals surface area (Å²) in [5, 5.41) is 14.1. The number of urea groups is 1. The van der Waals surface area contributed by atoms with Gasteiger partial charge in [0, 0.05) is 44.7 Å². The Kier molecular flexibility index (Phi) is 20.6. The maximum atomic E-state index is 13.2. The fourth-order valence-corrected chi connectivity index (χ4v) is 5.25. The minimum absolute atomic E-state index is 0. The number of aliphatic hydroxyl groups excluding tert-OH is 1. The minimum Gasteiger partial charge on any atom is -0.491 e. The highest BCUT2D eigenvalue weighted by Gasteiger charge is 2.34. The number of ether oxygens (including phenoxy) is 2. The van der Waals surface area contributed by atoms with Crippen LogP contribution in [0.3, 0.4) is 0 Å². The summed E-state index contributed by atoms with van der Waals surface area (Å²) in [4.78, 5) is 41.8. The number of hydrogen-bond donors (Lipinski definition) is 4.